The molecule has 2 rings (SSSR count). The zero-order valence-corrected chi connectivity index (χ0v) is 13.5. The molecule has 0 bridgehead atoms. The normalized spacial score (nSPS) is 20.2. The summed E-state index contributed by atoms with van der Waals surface area (Å²) in [5, 5.41) is 2.85. The summed E-state index contributed by atoms with van der Waals surface area (Å²) in [5.41, 5.74) is 3.28. The Kier molecular flexibility index (Phi) is 4.56. The second-order valence-electron chi connectivity index (χ2n) is 5.82. The summed E-state index contributed by atoms with van der Waals surface area (Å²) in [5.74, 6) is -0.442. The van der Waals surface area contributed by atoms with Crippen molar-refractivity contribution in [1.82, 2.24) is 5.32 Å². The number of aryl methyl sites for hydroxylation is 1. The Morgan fingerprint density at radius 1 is 1.38 bits per heavy atom. The standard InChI is InChI=1S/C15H22N2O3S/c1-11-8-14(17(2)3)5-4-12(11)9-16-15(18)13-6-7-21(19,20)10-13/h4-5,8,13H,6-7,9-10H2,1-3H3,(H,16,18). The smallest absolute Gasteiger partial charge is 0.224 e. The van der Waals surface area contributed by atoms with E-state index in [0.29, 0.717) is 13.0 Å². The van der Waals surface area contributed by atoms with Gasteiger partial charge in [-0.15, -0.1) is 0 Å². The quantitative estimate of drug-likeness (QED) is 0.905. The van der Waals surface area contributed by atoms with Crippen molar-refractivity contribution in [2.24, 2.45) is 5.92 Å². The first-order valence-electron chi connectivity index (χ1n) is 7.03. The topological polar surface area (TPSA) is 66.5 Å². The molecule has 0 saturated carbocycles. The van der Waals surface area contributed by atoms with Crippen LogP contribution in [0.25, 0.3) is 0 Å². The van der Waals surface area contributed by atoms with E-state index >= 15 is 0 Å². The van der Waals surface area contributed by atoms with E-state index in [4.69, 9.17) is 0 Å². The summed E-state index contributed by atoms with van der Waals surface area (Å²) in [7, 11) is 0.953. The molecule has 0 spiro atoms. The Bertz CT molecular complexity index is 638. The fraction of sp³-hybridized carbons (Fsp3) is 0.533. The van der Waals surface area contributed by atoms with Crippen molar-refractivity contribution in [2.45, 2.75) is 19.9 Å². The second-order valence-corrected chi connectivity index (χ2v) is 8.05. The molecule has 0 aromatic heterocycles. The van der Waals surface area contributed by atoms with Crippen molar-refractivity contribution >= 4 is 21.4 Å². The molecule has 0 radical (unpaired) electrons. The van der Waals surface area contributed by atoms with Crippen LogP contribution in [0, 0.1) is 12.8 Å². The van der Waals surface area contributed by atoms with Crippen molar-refractivity contribution in [2.75, 3.05) is 30.5 Å². The summed E-state index contributed by atoms with van der Waals surface area (Å²) < 4.78 is 22.8. The molecule has 1 amide bonds. The highest BCUT2D eigenvalue weighted by Crippen LogP contribution is 2.20. The summed E-state index contributed by atoms with van der Waals surface area (Å²) in [6.45, 7) is 2.45. The minimum Gasteiger partial charge on any atom is -0.378 e. The molecule has 21 heavy (non-hydrogen) atoms. The van der Waals surface area contributed by atoms with Gasteiger partial charge in [0.15, 0.2) is 9.84 Å². The van der Waals surface area contributed by atoms with Crippen LogP contribution in [-0.2, 0) is 21.2 Å². The number of hydrogen-bond donors (Lipinski definition) is 1. The molecular weight excluding hydrogens is 288 g/mol. The number of nitrogens with zero attached hydrogens (tertiary/aromatic N) is 1. The molecule has 1 saturated heterocycles. The Labute approximate surface area is 126 Å². The molecule has 5 nitrogen and oxygen atoms in total. The fourth-order valence-corrected chi connectivity index (χ4v) is 4.23. The van der Waals surface area contributed by atoms with Crippen LogP contribution >= 0.6 is 0 Å². The number of hydrogen-bond acceptors (Lipinski definition) is 4. The van der Waals surface area contributed by atoms with E-state index in [1.165, 1.54) is 0 Å². The number of benzene rings is 1. The average Bonchev–Trinajstić information content (AvgIpc) is 2.77. The summed E-state index contributed by atoms with van der Waals surface area (Å²) >= 11 is 0. The molecule has 116 valence electrons. The molecule has 1 aliphatic heterocycles. The summed E-state index contributed by atoms with van der Waals surface area (Å²) in [6, 6.07) is 6.08. The SMILES string of the molecule is Cc1cc(N(C)C)ccc1CNC(=O)C1CCS(=O)(=O)C1. The summed E-state index contributed by atoms with van der Waals surface area (Å²) in [6.07, 6.45) is 0.437. The van der Waals surface area contributed by atoms with Crippen LogP contribution in [0.15, 0.2) is 18.2 Å². The largest absolute Gasteiger partial charge is 0.378 e. The van der Waals surface area contributed by atoms with Gasteiger partial charge in [-0.25, -0.2) is 8.42 Å². The lowest BCUT2D eigenvalue weighted by atomic mass is 10.1. The van der Waals surface area contributed by atoms with Gasteiger partial charge in [0.05, 0.1) is 17.4 Å². The third kappa shape index (κ3) is 3.97. The van der Waals surface area contributed by atoms with E-state index in [9.17, 15) is 13.2 Å². The molecule has 1 N–H and O–H groups in total. The van der Waals surface area contributed by atoms with Gasteiger partial charge in [-0.2, -0.15) is 0 Å². The van der Waals surface area contributed by atoms with E-state index in [1.807, 2.05) is 38.1 Å². The third-order valence-electron chi connectivity index (χ3n) is 3.90. The lowest BCUT2D eigenvalue weighted by Crippen LogP contribution is -2.31. The third-order valence-corrected chi connectivity index (χ3v) is 5.67. The maximum Gasteiger partial charge on any atom is 0.224 e. The lowest BCUT2D eigenvalue weighted by Gasteiger charge is -2.16. The van der Waals surface area contributed by atoms with Gasteiger partial charge < -0.3 is 10.2 Å². The van der Waals surface area contributed by atoms with E-state index in [1.54, 1.807) is 0 Å². The van der Waals surface area contributed by atoms with Crippen molar-refractivity contribution < 1.29 is 13.2 Å². The van der Waals surface area contributed by atoms with Crippen LogP contribution in [0.2, 0.25) is 0 Å². The minimum absolute atomic E-state index is 0.0165. The highest BCUT2D eigenvalue weighted by molar-refractivity contribution is 7.91. The molecule has 1 unspecified atom stereocenters. The van der Waals surface area contributed by atoms with Gasteiger partial charge in [-0.1, -0.05) is 6.07 Å². The highest BCUT2D eigenvalue weighted by Gasteiger charge is 2.32. The first-order chi connectivity index (χ1) is 9.78. The highest BCUT2D eigenvalue weighted by atomic mass is 32.2. The van der Waals surface area contributed by atoms with Gasteiger partial charge in [0.1, 0.15) is 0 Å². The van der Waals surface area contributed by atoms with Gasteiger partial charge in [0.25, 0.3) is 0 Å². The summed E-state index contributed by atoms with van der Waals surface area (Å²) in [4.78, 5) is 14.0. The lowest BCUT2D eigenvalue weighted by molar-refractivity contribution is -0.124. The molecule has 1 atom stereocenters. The zero-order chi connectivity index (χ0) is 15.6. The van der Waals surface area contributed by atoms with Crippen LogP contribution in [0.5, 0.6) is 0 Å². The Balaban J connectivity index is 1.96. The maximum absolute atomic E-state index is 12.0. The second kappa shape index (κ2) is 6.05. The van der Waals surface area contributed by atoms with E-state index in [-0.39, 0.29) is 17.4 Å². The number of rotatable bonds is 4. The first kappa shape index (κ1) is 15.8. The number of carbonyl (C=O) groups is 1. The van der Waals surface area contributed by atoms with E-state index < -0.39 is 15.8 Å². The van der Waals surface area contributed by atoms with Crippen LogP contribution in [0.1, 0.15) is 17.5 Å². The fourth-order valence-electron chi connectivity index (χ4n) is 2.49. The zero-order valence-electron chi connectivity index (χ0n) is 12.7. The van der Waals surface area contributed by atoms with Crippen LogP contribution < -0.4 is 10.2 Å². The molecular formula is C15H22N2O3S. The Morgan fingerprint density at radius 2 is 2.10 bits per heavy atom. The Morgan fingerprint density at radius 3 is 2.62 bits per heavy atom. The maximum atomic E-state index is 12.0. The van der Waals surface area contributed by atoms with Crippen molar-refractivity contribution in [3.05, 3.63) is 29.3 Å². The number of amides is 1. The van der Waals surface area contributed by atoms with E-state index in [0.717, 1.165) is 16.8 Å². The Hall–Kier alpha value is -1.56. The van der Waals surface area contributed by atoms with Crippen LogP contribution in [0.4, 0.5) is 5.69 Å². The monoisotopic (exact) mass is 310 g/mol. The predicted molar refractivity (Wildman–Crippen MR) is 84.1 cm³/mol. The molecule has 0 aliphatic carbocycles. The van der Waals surface area contributed by atoms with Gasteiger partial charge in [0, 0.05) is 26.3 Å². The minimum atomic E-state index is -3.01. The number of nitrogens with one attached hydrogen (secondary N) is 1. The van der Waals surface area contributed by atoms with Gasteiger partial charge in [-0.05, 0) is 36.6 Å². The number of carbonyl (C=O) groups excluding carboxylic acids is 1. The van der Waals surface area contributed by atoms with Crippen LogP contribution in [0.3, 0.4) is 0 Å². The predicted octanol–water partition coefficient (Wildman–Crippen LogP) is 1.11. The van der Waals surface area contributed by atoms with Gasteiger partial charge in [0.2, 0.25) is 5.91 Å². The molecule has 6 heteroatoms. The van der Waals surface area contributed by atoms with Crippen molar-refractivity contribution in [1.29, 1.82) is 0 Å². The number of sulfone groups is 1. The van der Waals surface area contributed by atoms with E-state index in [2.05, 4.69) is 11.4 Å². The van der Waals surface area contributed by atoms with Crippen LogP contribution in [-0.4, -0.2) is 39.9 Å². The molecule has 1 aromatic rings. The van der Waals surface area contributed by atoms with Gasteiger partial charge in [-0.3, -0.25) is 4.79 Å². The average molecular weight is 310 g/mol. The molecule has 1 fully saturated rings. The molecule has 1 heterocycles. The van der Waals surface area contributed by atoms with Crippen molar-refractivity contribution in [3.63, 3.8) is 0 Å². The molecule has 1 aliphatic rings. The van der Waals surface area contributed by atoms with Crippen molar-refractivity contribution in [3.8, 4) is 0 Å². The van der Waals surface area contributed by atoms with Gasteiger partial charge >= 0.3 is 0 Å². The number of anilines is 1. The molecule has 1 aromatic carbocycles. The first-order valence-corrected chi connectivity index (χ1v) is 8.85.